The summed E-state index contributed by atoms with van der Waals surface area (Å²) in [5, 5.41) is 2.91. The number of carbonyl (C=O) groups is 1. The number of benzene rings is 2. The van der Waals surface area contributed by atoms with Crippen LogP contribution in [0.1, 0.15) is 21.5 Å². The van der Waals surface area contributed by atoms with E-state index >= 15 is 0 Å². The molecule has 144 valence electrons. The highest BCUT2D eigenvalue weighted by Gasteiger charge is 2.23. The molecule has 1 aliphatic rings. The summed E-state index contributed by atoms with van der Waals surface area (Å²) >= 11 is 0. The Morgan fingerprint density at radius 3 is 2.30 bits per heavy atom. The van der Waals surface area contributed by atoms with Crippen molar-refractivity contribution in [2.75, 3.05) is 37.8 Å². The highest BCUT2D eigenvalue weighted by atomic mass is 32.2. The van der Waals surface area contributed by atoms with Crippen LogP contribution < -0.4 is 5.32 Å². The van der Waals surface area contributed by atoms with Gasteiger partial charge in [-0.3, -0.25) is 9.69 Å². The number of carbonyl (C=O) groups excluding carboxylic acids is 1. The van der Waals surface area contributed by atoms with Crippen LogP contribution in [0.3, 0.4) is 0 Å². The van der Waals surface area contributed by atoms with Crippen LogP contribution in [0.5, 0.6) is 0 Å². The van der Waals surface area contributed by atoms with Crippen molar-refractivity contribution in [1.82, 2.24) is 9.21 Å². The van der Waals surface area contributed by atoms with Gasteiger partial charge in [-0.1, -0.05) is 24.3 Å². The van der Waals surface area contributed by atoms with E-state index in [4.69, 9.17) is 0 Å². The molecule has 2 aromatic carbocycles. The van der Waals surface area contributed by atoms with Crippen molar-refractivity contribution >= 4 is 21.6 Å². The van der Waals surface area contributed by atoms with Crippen LogP contribution in [0.4, 0.5) is 5.69 Å². The van der Waals surface area contributed by atoms with Crippen LogP contribution in [0.2, 0.25) is 0 Å². The first-order chi connectivity index (χ1) is 12.8. The summed E-state index contributed by atoms with van der Waals surface area (Å²) in [5.74, 6) is -0.131. The van der Waals surface area contributed by atoms with Crippen molar-refractivity contribution < 1.29 is 13.2 Å². The molecule has 2 aromatic rings. The van der Waals surface area contributed by atoms with E-state index in [1.807, 2.05) is 55.5 Å². The van der Waals surface area contributed by atoms with E-state index in [-0.39, 0.29) is 5.91 Å². The molecule has 0 saturated carbocycles. The third kappa shape index (κ3) is 5.38. The summed E-state index contributed by atoms with van der Waals surface area (Å²) in [6, 6.07) is 15.3. The first-order valence-corrected chi connectivity index (χ1v) is 10.8. The molecule has 0 unspecified atom stereocenters. The molecule has 0 aromatic heterocycles. The Hall–Kier alpha value is -2.22. The minimum atomic E-state index is -3.10. The number of aryl methyl sites for hydroxylation is 1. The number of nitrogens with zero attached hydrogens (tertiary/aromatic N) is 2. The van der Waals surface area contributed by atoms with Crippen LogP contribution in [0, 0.1) is 6.92 Å². The molecule has 1 aliphatic heterocycles. The third-order valence-corrected chi connectivity index (χ3v) is 6.00. The second kappa shape index (κ2) is 8.21. The van der Waals surface area contributed by atoms with Crippen molar-refractivity contribution in [3.8, 4) is 0 Å². The van der Waals surface area contributed by atoms with Crippen molar-refractivity contribution in [2.45, 2.75) is 13.5 Å². The summed E-state index contributed by atoms with van der Waals surface area (Å²) in [5.41, 5.74) is 3.60. The van der Waals surface area contributed by atoms with Gasteiger partial charge in [0.15, 0.2) is 0 Å². The Balaban J connectivity index is 1.55. The van der Waals surface area contributed by atoms with E-state index in [0.717, 1.165) is 23.4 Å². The number of hydrogen-bond donors (Lipinski definition) is 1. The molecule has 6 nitrogen and oxygen atoms in total. The zero-order valence-corrected chi connectivity index (χ0v) is 16.5. The number of piperazine rings is 1. The molecule has 1 saturated heterocycles. The Bertz CT molecular complexity index is 902. The summed E-state index contributed by atoms with van der Waals surface area (Å²) in [7, 11) is -3.10. The van der Waals surface area contributed by atoms with Gasteiger partial charge in [0.25, 0.3) is 5.91 Å². The lowest BCUT2D eigenvalue weighted by molar-refractivity contribution is 0.102. The smallest absolute Gasteiger partial charge is 0.255 e. The third-order valence-electron chi connectivity index (χ3n) is 4.70. The molecule has 1 fully saturated rings. The van der Waals surface area contributed by atoms with Gasteiger partial charge >= 0.3 is 0 Å². The van der Waals surface area contributed by atoms with Crippen LogP contribution in [0.25, 0.3) is 0 Å². The second-order valence-electron chi connectivity index (χ2n) is 6.96. The monoisotopic (exact) mass is 387 g/mol. The second-order valence-corrected chi connectivity index (χ2v) is 8.94. The summed E-state index contributed by atoms with van der Waals surface area (Å²) in [4.78, 5) is 14.6. The molecule has 1 amide bonds. The molecule has 7 heteroatoms. The van der Waals surface area contributed by atoms with Gasteiger partial charge in [-0.25, -0.2) is 8.42 Å². The predicted octanol–water partition coefficient (Wildman–Crippen LogP) is 2.32. The van der Waals surface area contributed by atoms with Crippen molar-refractivity contribution in [3.63, 3.8) is 0 Å². The van der Waals surface area contributed by atoms with Gasteiger partial charge in [0.05, 0.1) is 6.26 Å². The summed E-state index contributed by atoms with van der Waals surface area (Å²) in [6.07, 6.45) is 1.25. The average Bonchev–Trinajstić information content (AvgIpc) is 2.62. The van der Waals surface area contributed by atoms with Gasteiger partial charge in [0, 0.05) is 44.0 Å². The topological polar surface area (TPSA) is 69.7 Å². The maximum absolute atomic E-state index is 12.4. The Morgan fingerprint density at radius 2 is 1.70 bits per heavy atom. The fourth-order valence-electron chi connectivity index (χ4n) is 3.17. The molecule has 1 N–H and O–H groups in total. The van der Waals surface area contributed by atoms with E-state index in [0.29, 0.717) is 31.7 Å². The molecule has 0 bridgehead atoms. The lowest BCUT2D eigenvalue weighted by Gasteiger charge is -2.33. The molecule has 0 spiro atoms. The largest absolute Gasteiger partial charge is 0.322 e. The molecule has 3 rings (SSSR count). The molecule has 0 radical (unpaired) electrons. The highest BCUT2D eigenvalue weighted by Crippen LogP contribution is 2.14. The minimum absolute atomic E-state index is 0.131. The Labute approximate surface area is 160 Å². The minimum Gasteiger partial charge on any atom is -0.322 e. The molecular weight excluding hydrogens is 362 g/mol. The van der Waals surface area contributed by atoms with Gasteiger partial charge in [0.2, 0.25) is 10.0 Å². The van der Waals surface area contributed by atoms with Gasteiger partial charge < -0.3 is 5.32 Å². The maximum Gasteiger partial charge on any atom is 0.255 e. The first kappa shape index (κ1) is 19.5. The lowest BCUT2D eigenvalue weighted by atomic mass is 10.1. The van der Waals surface area contributed by atoms with E-state index in [2.05, 4.69) is 10.2 Å². The normalized spacial score (nSPS) is 16.2. The van der Waals surface area contributed by atoms with E-state index in [1.165, 1.54) is 10.6 Å². The Morgan fingerprint density at radius 1 is 1.04 bits per heavy atom. The fraction of sp³-hybridized carbons (Fsp3) is 0.350. The van der Waals surface area contributed by atoms with E-state index < -0.39 is 10.0 Å². The van der Waals surface area contributed by atoms with Crippen LogP contribution in [0.15, 0.2) is 48.5 Å². The van der Waals surface area contributed by atoms with Crippen LogP contribution in [-0.2, 0) is 16.6 Å². The van der Waals surface area contributed by atoms with Gasteiger partial charge in [-0.2, -0.15) is 4.31 Å². The zero-order chi connectivity index (χ0) is 19.4. The number of sulfonamides is 1. The van der Waals surface area contributed by atoms with Gasteiger partial charge in [-0.05, 0) is 42.3 Å². The quantitative estimate of drug-likeness (QED) is 0.855. The number of nitrogens with one attached hydrogen (secondary N) is 1. The fourth-order valence-corrected chi connectivity index (χ4v) is 3.99. The molecule has 1 heterocycles. The number of hydrogen-bond acceptors (Lipinski definition) is 4. The first-order valence-electron chi connectivity index (χ1n) is 8.96. The van der Waals surface area contributed by atoms with E-state index in [1.54, 1.807) is 0 Å². The van der Waals surface area contributed by atoms with Crippen molar-refractivity contribution in [3.05, 3.63) is 65.2 Å². The van der Waals surface area contributed by atoms with Crippen molar-refractivity contribution in [2.24, 2.45) is 0 Å². The van der Waals surface area contributed by atoms with Crippen LogP contribution >= 0.6 is 0 Å². The number of rotatable bonds is 5. The molecule has 0 aliphatic carbocycles. The standard InChI is InChI=1S/C20H25N3O3S/c1-16-4-3-5-19(14-16)21-20(24)18-8-6-17(7-9-18)15-22-10-12-23(13-11-22)27(2,25)26/h3-9,14H,10-13,15H2,1-2H3,(H,21,24). The van der Waals surface area contributed by atoms with Gasteiger partial charge in [0.1, 0.15) is 0 Å². The molecule has 0 atom stereocenters. The molecular formula is C20H25N3O3S. The average molecular weight is 388 g/mol. The lowest BCUT2D eigenvalue weighted by Crippen LogP contribution is -2.47. The summed E-state index contributed by atoms with van der Waals surface area (Å²) < 4.78 is 24.7. The van der Waals surface area contributed by atoms with Crippen molar-refractivity contribution in [1.29, 1.82) is 0 Å². The predicted molar refractivity (Wildman–Crippen MR) is 107 cm³/mol. The van der Waals surface area contributed by atoms with Crippen LogP contribution in [-0.4, -0.2) is 56.0 Å². The SMILES string of the molecule is Cc1cccc(NC(=O)c2ccc(CN3CCN(S(C)(=O)=O)CC3)cc2)c1. The van der Waals surface area contributed by atoms with Gasteiger partial charge in [-0.15, -0.1) is 0 Å². The number of amides is 1. The maximum atomic E-state index is 12.4. The Kier molecular flexibility index (Phi) is 5.94. The summed E-state index contributed by atoms with van der Waals surface area (Å²) in [6.45, 7) is 5.20. The zero-order valence-electron chi connectivity index (χ0n) is 15.7. The molecule has 27 heavy (non-hydrogen) atoms. The highest BCUT2D eigenvalue weighted by molar-refractivity contribution is 7.88. The number of anilines is 1. The van der Waals surface area contributed by atoms with E-state index in [9.17, 15) is 13.2 Å².